The van der Waals surface area contributed by atoms with Crippen molar-refractivity contribution in [3.05, 3.63) is 63.6 Å². The Morgan fingerprint density at radius 3 is 2.58 bits per heavy atom. The summed E-state index contributed by atoms with van der Waals surface area (Å²) in [5.74, 6) is 1.17. The van der Waals surface area contributed by atoms with E-state index < -0.39 is 0 Å². The Labute approximate surface area is 206 Å². The molecule has 0 aromatic heterocycles. The van der Waals surface area contributed by atoms with Crippen LogP contribution in [0.5, 0.6) is 5.75 Å². The molecule has 0 bridgehead atoms. The second-order valence-corrected chi connectivity index (χ2v) is 11.4. The number of allylic oxidation sites excluding steroid dienone is 2. The summed E-state index contributed by atoms with van der Waals surface area (Å²) >= 11 is 6.44. The van der Waals surface area contributed by atoms with Gasteiger partial charge in [-0.1, -0.05) is 69.9 Å². The topological polar surface area (TPSA) is 38.3 Å². The van der Waals surface area contributed by atoms with Gasteiger partial charge in [0.2, 0.25) is 0 Å². The Balaban J connectivity index is 1.89. The number of rotatable bonds is 5. The molecule has 172 valence electrons. The van der Waals surface area contributed by atoms with Crippen molar-refractivity contribution >= 4 is 45.9 Å². The lowest BCUT2D eigenvalue weighted by Crippen LogP contribution is -2.23. The Morgan fingerprint density at radius 2 is 1.94 bits per heavy atom. The summed E-state index contributed by atoms with van der Waals surface area (Å²) in [6.45, 7) is 14.0. The number of thiocarbonyl (C=S) groups is 1. The SMILES string of the molecule is CCOc1ccc(/C=C2/SC(=S)NC2=O)cc1-c1cc2c(cc1C)C(C)(C)CC=C2C(C)C. The third-order valence-corrected chi connectivity index (χ3v) is 7.56. The third kappa shape index (κ3) is 4.67. The predicted molar refractivity (Wildman–Crippen MR) is 145 cm³/mol. The minimum atomic E-state index is -0.140. The fourth-order valence-corrected chi connectivity index (χ4v) is 5.67. The molecule has 2 aromatic carbocycles. The number of thioether (sulfide) groups is 1. The van der Waals surface area contributed by atoms with Crippen LogP contribution in [0.1, 0.15) is 63.3 Å². The molecule has 0 atom stereocenters. The second-order valence-electron chi connectivity index (χ2n) is 9.66. The summed E-state index contributed by atoms with van der Waals surface area (Å²) in [6.07, 6.45) is 5.37. The molecule has 0 spiro atoms. The summed E-state index contributed by atoms with van der Waals surface area (Å²) in [7, 11) is 0. The zero-order valence-corrected chi connectivity index (χ0v) is 21.8. The molecule has 3 nitrogen and oxygen atoms in total. The molecular weight excluding hydrogens is 446 g/mol. The molecule has 1 aliphatic carbocycles. The summed E-state index contributed by atoms with van der Waals surface area (Å²) in [6, 6.07) is 10.8. The molecule has 0 radical (unpaired) electrons. The molecule has 1 heterocycles. The molecule has 0 unspecified atom stereocenters. The highest BCUT2D eigenvalue weighted by Gasteiger charge is 2.30. The average molecular weight is 478 g/mol. The largest absolute Gasteiger partial charge is 0.493 e. The van der Waals surface area contributed by atoms with Gasteiger partial charge in [-0.25, -0.2) is 0 Å². The molecule has 1 saturated heterocycles. The number of hydrogen-bond donors (Lipinski definition) is 1. The van der Waals surface area contributed by atoms with Crippen molar-refractivity contribution in [3.63, 3.8) is 0 Å². The van der Waals surface area contributed by atoms with Crippen LogP contribution in [0.3, 0.4) is 0 Å². The Kier molecular flexibility index (Phi) is 6.56. The van der Waals surface area contributed by atoms with E-state index in [1.165, 1.54) is 39.6 Å². The van der Waals surface area contributed by atoms with Gasteiger partial charge in [0.1, 0.15) is 10.1 Å². The van der Waals surface area contributed by atoms with Crippen LogP contribution in [0, 0.1) is 12.8 Å². The van der Waals surface area contributed by atoms with Gasteiger partial charge in [-0.15, -0.1) is 0 Å². The summed E-state index contributed by atoms with van der Waals surface area (Å²) in [4.78, 5) is 12.8. The number of fused-ring (bicyclic) bond motifs is 1. The zero-order chi connectivity index (χ0) is 23.9. The van der Waals surface area contributed by atoms with Crippen molar-refractivity contribution in [1.82, 2.24) is 5.32 Å². The highest BCUT2D eigenvalue weighted by molar-refractivity contribution is 8.26. The number of amides is 1. The van der Waals surface area contributed by atoms with Crippen LogP contribution in [0.15, 0.2) is 41.3 Å². The standard InChI is InChI=1S/C28H31NO2S2/c1-7-31-24-9-8-18(14-25-26(30)29-27(32)33-25)13-22(24)20-15-21-19(16(2)3)10-11-28(5,6)23(21)12-17(20)4/h8-10,12-16H,7,11H2,1-6H3,(H,29,30,32)/b25-14+. The number of nitrogens with one attached hydrogen (secondary N) is 1. The fourth-order valence-electron chi connectivity index (χ4n) is 4.63. The maximum absolute atomic E-state index is 12.2. The minimum Gasteiger partial charge on any atom is -0.493 e. The molecule has 2 aromatic rings. The molecule has 5 heteroatoms. The first-order valence-corrected chi connectivity index (χ1v) is 12.7. The average Bonchev–Trinajstić information content (AvgIpc) is 3.06. The van der Waals surface area contributed by atoms with Gasteiger partial charge in [0, 0.05) is 5.56 Å². The molecule has 1 N–H and O–H groups in total. The van der Waals surface area contributed by atoms with Crippen molar-refractivity contribution in [2.45, 2.75) is 53.4 Å². The van der Waals surface area contributed by atoms with Crippen LogP contribution in [-0.4, -0.2) is 16.8 Å². The second kappa shape index (κ2) is 9.11. The van der Waals surface area contributed by atoms with E-state index in [1.54, 1.807) is 0 Å². The van der Waals surface area contributed by atoms with Crippen LogP contribution >= 0.6 is 24.0 Å². The van der Waals surface area contributed by atoms with E-state index in [2.05, 4.69) is 64.2 Å². The Bertz CT molecular complexity index is 1200. The van der Waals surface area contributed by atoms with Crippen LogP contribution in [0.2, 0.25) is 0 Å². The quantitative estimate of drug-likeness (QED) is 0.363. The molecule has 33 heavy (non-hydrogen) atoms. The van der Waals surface area contributed by atoms with Gasteiger partial charge in [0.15, 0.2) is 0 Å². The summed E-state index contributed by atoms with van der Waals surface area (Å²) in [5.41, 5.74) is 8.67. The van der Waals surface area contributed by atoms with Crippen molar-refractivity contribution in [2.24, 2.45) is 5.92 Å². The fraction of sp³-hybridized carbons (Fsp3) is 0.357. The van der Waals surface area contributed by atoms with Crippen LogP contribution in [0.4, 0.5) is 0 Å². The Hall–Kier alpha value is -2.37. The molecule has 2 aliphatic rings. The number of hydrogen-bond acceptors (Lipinski definition) is 4. The van der Waals surface area contributed by atoms with Gasteiger partial charge >= 0.3 is 0 Å². The monoisotopic (exact) mass is 477 g/mol. The maximum atomic E-state index is 12.2. The van der Waals surface area contributed by atoms with Gasteiger partial charge in [0.05, 0.1) is 11.5 Å². The van der Waals surface area contributed by atoms with E-state index in [0.717, 1.165) is 23.3 Å². The molecular formula is C28H31NO2S2. The van der Waals surface area contributed by atoms with Crippen LogP contribution in [-0.2, 0) is 10.2 Å². The normalized spacial score (nSPS) is 18.4. The Morgan fingerprint density at radius 1 is 1.18 bits per heavy atom. The first kappa shape index (κ1) is 23.8. The highest BCUT2D eigenvalue weighted by atomic mass is 32.2. The number of aryl methyl sites for hydroxylation is 1. The lowest BCUT2D eigenvalue weighted by molar-refractivity contribution is -0.115. The van der Waals surface area contributed by atoms with E-state index in [4.69, 9.17) is 17.0 Å². The van der Waals surface area contributed by atoms with Gasteiger partial charge in [-0.3, -0.25) is 4.79 Å². The van der Waals surface area contributed by atoms with Gasteiger partial charge in [-0.2, -0.15) is 0 Å². The lowest BCUT2D eigenvalue weighted by Gasteiger charge is -2.34. The van der Waals surface area contributed by atoms with E-state index in [0.29, 0.717) is 21.8 Å². The number of carbonyl (C=O) groups excluding carboxylic acids is 1. The summed E-state index contributed by atoms with van der Waals surface area (Å²) < 4.78 is 6.53. The van der Waals surface area contributed by atoms with Gasteiger partial charge in [-0.05, 0) is 89.3 Å². The van der Waals surface area contributed by atoms with Crippen LogP contribution < -0.4 is 10.1 Å². The van der Waals surface area contributed by atoms with Crippen molar-refractivity contribution in [2.75, 3.05) is 6.61 Å². The highest BCUT2D eigenvalue weighted by Crippen LogP contribution is 2.45. The van der Waals surface area contributed by atoms with Crippen molar-refractivity contribution in [1.29, 1.82) is 0 Å². The predicted octanol–water partition coefficient (Wildman–Crippen LogP) is 7.27. The number of carbonyl (C=O) groups is 1. The third-order valence-electron chi connectivity index (χ3n) is 6.39. The maximum Gasteiger partial charge on any atom is 0.263 e. The van der Waals surface area contributed by atoms with E-state index in [9.17, 15) is 4.79 Å². The molecule has 4 rings (SSSR count). The molecule has 1 aliphatic heterocycles. The smallest absolute Gasteiger partial charge is 0.263 e. The zero-order valence-electron chi connectivity index (χ0n) is 20.2. The van der Waals surface area contributed by atoms with E-state index in [1.807, 2.05) is 25.1 Å². The van der Waals surface area contributed by atoms with E-state index in [-0.39, 0.29) is 11.3 Å². The number of benzene rings is 2. The van der Waals surface area contributed by atoms with Gasteiger partial charge in [0.25, 0.3) is 5.91 Å². The first-order chi connectivity index (χ1) is 15.6. The van der Waals surface area contributed by atoms with Crippen molar-refractivity contribution in [3.8, 4) is 16.9 Å². The summed E-state index contributed by atoms with van der Waals surface area (Å²) in [5, 5.41) is 2.69. The molecule has 1 fully saturated rings. The van der Waals surface area contributed by atoms with Crippen molar-refractivity contribution < 1.29 is 9.53 Å². The first-order valence-electron chi connectivity index (χ1n) is 11.5. The lowest BCUT2D eigenvalue weighted by atomic mass is 9.70. The molecule has 1 amide bonds. The van der Waals surface area contributed by atoms with Gasteiger partial charge < -0.3 is 10.1 Å². The van der Waals surface area contributed by atoms with Crippen LogP contribution in [0.25, 0.3) is 22.8 Å². The molecule has 0 saturated carbocycles. The minimum absolute atomic E-state index is 0.109. The number of ether oxygens (including phenoxy) is 1. The van der Waals surface area contributed by atoms with E-state index >= 15 is 0 Å².